The van der Waals surface area contributed by atoms with Gasteiger partial charge in [-0.25, -0.2) is 0 Å². The number of nitrogens with one attached hydrogen (secondary N) is 1. The standard InChI is InChI=1S/C18H23N3O5/c1-25-12-3-4-16(26-2)15(9-12)19-17(23)13-10-14(13)18(24)21-7-5-20(11-22)6-8-21/h3-4,9,11,13-14H,5-8,10H2,1-2H3,(H,19,23). The summed E-state index contributed by atoms with van der Waals surface area (Å²) in [6.45, 7) is 2.12. The molecule has 1 saturated heterocycles. The first-order chi connectivity index (χ1) is 12.6. The Balaban J connectivity index is 1.58. The number of hydrogen-bond donors (Lipinski definition) is 1. The average molecular weight is 361 g/mol. The van der Waals surface area contributed by atoms with Gasteiger partial charge in [0.2, 0.25) is 18.2 Å². The molecule has 1 N–H and O–H groups in total. The second-order valence-electron chi connectivity index (χ2n) is 6.47. The Morgan fingerprint density at radius 3 is 2.46 bits per heavy atom. The molecule has 26 heavy (non-hydrogen) atoms. The molecular formula is C18H23N3O5. The van der Waals surface area contributed by atoms with Crippen LogP contribution in [0.2, 0.25) is 0 Å². The van der Waals surface area contributed by atoms with Crippen LogP contribution in [-0.4, -0.2) is 68.4 Å². The molecule has 2 aliphatic rings. The lowest BCUT2D eigenvalue weighted by Crippen LogP contribution is -2.48. The minimum Gasteiger partial charge on any atom is -0.497 e. The molecule has 1 heterocycles. The van der Waals surface area contributed by atoms with E-state index in [9.17, 15) is 14.4 Å². The quantitative estimate of drug-likeness (QED) is 0.749. The number of carbonyl (C=O) groups excluding carboxylic acids is 3. The maximum atomic E-state index is 12.5. The number of hydrogen-bond acceptors (Lipinski definition) is 5. The van der Waals surface area contributed by atoms with Crippen LogP contribution in [-0.2, 0) is 14.4 Å². The highest BCUT2D eigenvalue weighted by atomic mass is 16.5. The van der Waals surface area contributed by atoms with Gasteiger partial charge < -0.3 is 24.6 Å². The van der Waals surface area contributed by atoms with Crippen LogP contribution in [0.1, 0.15) is 6.42 Å². The molecule has 1 aliphatic heterocycles. The van der Waals surface area contributed by atoms with Crippen molar-refractivity contribution in [1.82, 2.24) is 9.80 Å². The zero-order valence-corrected chi connectivity index (χ0v) is 14.9. The molecule has 1 aromatic rings. The molecule has 2 atom stereocenters. The normalized spacial score (nSPS) is 21.8. The van der Waals surface area contributed by atoms with E-state index < -0.39 is 0 Å². The first kappa shape index (κ1) is 18.0. The summed E-state index contributed by atoms with van der Waals surface area (Å²) in [6.07, 6.45) is 1.35. The van der Waals surface area contributed by atoms with Gasteiger partial charge >= 0.3 is 0 Å². The molecule has 0 aromatic heterocycles. The molecule has 1 aliphatic carbocycles. The average Bonchev–Trinajstić information content (AvgIpc) is 3.48. The summed E-state index contributed by atoms with van der Waals surface area (Å²) in [5.41, 5.74) is 0.523. The van der Waals surface area contributed by atoms with Crippen molar-refractivity contribution >= 4 is 23.9 Å². The van der Waals surface area contributed by atoms with Crippen molar-refractivity contribution < 1.29 is 23.9 Å². The van der Waals surface area contributed by atoms with Crippen LogP contribution >= 0.6 is 0 Å². The number of methoxy groups -OCH3 is 2. The Morgan fingerprint density at radius 2 is 1.85 bits per heavy atom. The van der Waals surface area contributed by atoms with Crippen LogP contribution in [0.15, 0.2) is 18.2 Å². The second-order valence-corrected chi connectivity index (χ2v) is 6.47. The predicted molar refractivity (Wildman–Crippen MR) is 94.0 cm³/mol. The van der Waals surface area contributed by atoms with E-state index in [4.69, 9.17) is 9.47 Å². The fourth-order valence-corrected chi connectivity index (χ4v) is 3.18. The molecular weight excluding hydrogens is 338 g/mol. The number of piperazine rings is 1. The molecule has 0 radical (unpaired) electrons. The highest BCUT2D eigenvalue weighted by Gasteiger charge is 2.49. The van der Waals surface area contributed by atoms with E-state index in [0.717, 1.165) is 6.41 Å². The maximum absolute atomic E-state index is 12.5. The molecule has 140 valence electrons. The van der Waals surface area contributed by atoms with Crippen LogP contribution in [0.5, 0.6) is 11.5 Å². The van der Waals surface area contributed by atoms with Gasteiger partial charge in [-0.3, -0.25) is 14.4 Å². The highest BCUT2D eigenvalue weighted by Crippen LogP contribution is 2.41. The van der Waals surface area contributed by atoms with E-state index in [2.05, 4.69) is 5.32 Å². The summed E-state index contributed by atoms with van der Waals surface area (Å²) in [6, 6.07) is 5.15. The SMILES string of the molecule is COc1ccc(OC)c(NC(=O)C2CC2C(=O)N2CCN(C=O)CC2)c1. The zero-order chi connectivity index (χ0) is 18.7. The van der Waals surface area contributed by atoms with Gasteiger partial charge in [0.1, 0.15) is 11.5 Å². The summed E-state index contributed by atoms with van der Waals surface area (Å²) in [5, 5.41) is 2.83. The minimum atomic E-state index is -0.331. The van der Waals surface area contributed by atoms with E-state index >= 15 is 0 Å². The summed E-state index contributed by atoms with van der Waals surface area (Å²) in [4.78, 5) is 39.2. The number of carbonyl (C=O) groups is 3. The molecule has 0 bridgehead atoms. The van der Waals surface area contributed by atoms with Crippen LogP contribution in [0.25, 0.3) is 0 Å². The van der Waals surface area contributed by atoms with Crippen molar-refractivity contribution in [2.75, 3.05) is 45.7 Å². The monoisotopic (exact) mass is 361 g/mol. The van der Waals surface area contributed by atoms with Gasteiger partial charge in [0.05, 0.1) is 31.7 Å². The van der Waals surface area contributed by atoms with Gasteiger partial charge in [0.15, 0.2) is 0 Å². The minimum absolute atomic E-state index is 0.00620. The van der Waals surface area contributed by atoms with Gasteiger partial charge in [0, 0.05) is 32.2 Å². The van der Waals surface area contributed by atoms with Gasteiger partial charge in [-0.15, -0.1) is 0 Å². The van der Waals surface area contributed by atoms with Crippen molar-refractivity contribution in [2.24, 2.45) is 11.8 Å². The Morgan fingerprint density at radius 1 is 1.12 bits per heavy atom. The molecule has 1 saturated carbocycles. The second kappa shape index (κ2) is 7.63. The third-order valence-electron chi connectivity index (χ3n) is 4.88. The Hall–Kier alpha value is -2.77. The third kappa shape index (κ3) is 3.74. The topological polar surface area (TPSA) is 88.2 Å². The first-order valence-corrected chi connectivity index (χ1v) is 8.58. The maximum Gasteiger partial charge on any atom is 0.228 e. The van der Waals surface area contributed by atoms with E-state index in [-0.39, 0.29) is 23.7 Å². The third-order valence-corrected chi connectivity index (χ3v) is 4.88. The Kier molecular flexibility index (Phi) is 5.29. The smallest absolute Gasteiger partial charge is 0.228 e. The number of nitrogens with zero attached hydrogens (tertiary/aromatic N) is 2. The molecule has 0 spiro atoms. The molecule has 8 nitrogen and oxygen atoms in total. The number of anilines is 1. The van der Waals surface area contributed by atoms with Crippen LogP contribution in [0.3, 0.4) is 0 Å². The molecule has 8 heteroatoms. The fraction of sp³-hybridized carbons (Fsp3) is 0.500. The van der Waals surface area contributed by atoms with E-state index in [1.807, 2.05) is 0 Å². The number of amides is 3. The summed E-state index contributed by atoms with van der Waals surface area (Å²) in [7, 11) is 3.08. The van der Waals surface area contributed by atoms with Crippen molar-refractivity contribution in [3.05, 3.63) is 18.2 Å². The summed E-state index contributed by atoms with van der Waals surface area (Å²) >= 11 is 0. The van der Waals surface area contributed by atoms with Crippen molar-refractivity contribution in [3.63, 3.8) is 0 Å². The highest BCUT2D eigenvalue weighted by molar-refractivity contribution is 6.00. The molecule has 3 rings (SSSR count). The zero-order valence-electron chi connectivity index (χ0n) is 14.9. The van der Waals surface area contributed by atoms with Crippen LogP contribution in [0, 0.1) is 11.8 Å². The number of rotatable bonds is 6. The largest absolute Gasteiger partial charge is 0.497 e. The lowest BCUT2D eigenvalue weighted by atomic mass is 10.2. The lowest BCUT2D eigenvalue weighted by molar-refractivity contribution is -0.137. The van der Waals surface area contributed by atoms with Crippen molar-refractivity contribution in [3.8, 4) is 11.5 Å². The van der Waals surface area contributed by atoms with Crippen molar-refractivity contribution in [1.29, 1.82) is 0 Å². The van der Waals surface area contributed by atoms with Gasteiger partial charge in [-0.05, 0) is 18.6 Å². The van der Waals surface area contributed by atoms with Gasteiger partial charge in [0.25, 0.3) is 0 Å². The van der Waals surface area contributed by atoms with Gasteiger partial charge in [-0.1, -0.05) is 0 Å². The fourth-order valence-electron chi connectivity index (χ4n) is 3.18. The Bertz CT molecular complexity index is 700. The van der Waals surface area contributed by atoms with Gasteiger partial charge in [-0.2, -0.15) is 0 Å². The van der Waals surface area contributed by atoms with Crippen molar-refractivity contribution in [2.45, 2.75) is 6.42 Å². The van der Waals surface area contributed by atoms with E-state index in [0.29, 0.717) is 49.8 Å². The summed E-state index contributed by atoms with van der Waals surface area (Å²) in [5.74, 6) is 0.330. The molecule has 2 unspecified atom stereocenters. The molecule has 3 amide bonds. The number of ether oxygens (including phenoxy) is 2. The lowest BCUT2D eigenvalue weighted by Gasteiger charge is -2.32. The summed E-state index contributed by atoms with van der Waals surface area (Å²) < 4.78 is 10.4. The van der Waals surface area contributed by atoms with Crippen LogP contribution in [0.4, 0.5) is 5.69 Å². The molecule has 2 fully saturated rings. The first-order valence-electron chi connectivity index (χ1n) is 8.58. The van der Waals surface area contributed by atoms with E-state index in [1.54, 1.807) is 35.1 Å². The Labute approximate surface area is 152 Å². The van der Waals surface area contributed by atoms with Crippen LogP contribution < -0.4 is 14.8 Å². The van der Waals surface area contributed by atoms with E-state index in [1.165, 1.54) is 7.11 Å². The predicted octanol–water partition coefficient (Wildman–Crippen LogP) is 0.579. The number of benzene rings is 1. The molecule has 1 aromatic carbocycles.